The Kier molecular flexibility index (Phi) is 4.56. The molecule has 0 spiro atoms. The van der Waals surface area contributed by atoms with Crippen molar-refractivity contribution in [3.63, 3.8) is 0 Å². The number of Topliss-reactive ketones (excluding diaryl/α,β-unsaturated/α-hetero) is 2. The SMILES string of the molecule is O=C1/C(=C\c2ccc(N3c4ccccc4Sc4ccccc43)s2)C(=O)c2c1ccc1ccccc21. The fourth-order valence-electron chi connectivity index (χ4n) is 4.84. The minimum absolute atomic E-state index is 0.193. The molecule has 0 saturated heterocycles. The molecule has 5 aromatic rings. The van der Waals surface area contributed by atoms with Gasteiger partial charge in [0.2, 0.25) is 0 Å². The molecule has 35 heavy (non-hydrogen) atoms. The van der Waals surface area contributed by atoms with E-state index in [1.807, 2.05) is 48.5 Å². The summed E-state index contributed by atoms with van der Waals surface area (Å²) in [7, 11) is 0. The highest BCUT2D eigenvalue weighted by atomic mass is 32.2. The van der Waals surface area contributed by atoms with Crippen molar-refractivity contribution >= 4 is 67.9 Å². The molecular formula is C30H17NO2S2. The third kappa shape index (κ3) is 3.13. The maximum Gasteiger partial charge on any atom is 0.198 e. The summed E-state index contributed by atoms with van der Waals surface area (Å²) in [6.45, 7) is 0. The molecule has 1 aliphatic carbocycles. The molecule has 0 radical (unpaired) electrons. The van der Waals surface area contributed by atoms with Crippen molar-refractivity contribution in [3.05, 3.63) is 119 Å². The summed E-state index contributed by atoms with van der Waals surface area (Å²) in [5, 5.41) is 2.84. The van der Waals surface area contributed by atoms with Crippen LogP contribution in [-0.4, -0.2) is 11.6 Å². The van der Waals surface area contributed by atoms with Crippen LogP contribution in [0.3, 0.4) is 0 Å². The molecule has 2 aliphatic rings. The van der Waals surface area contributed by atoms with Crippen LogP contribution in [0.15, 0.2) is 112 Å². The molecule has 3 nitrogen and oxygen atoms in total. The highest BCUT2D eigenvalue weighted by molar-refractivity contribution is 7.99. The largest absolute Gasteiger partial charge is 0.300 e. The molecule has 0 fully saturated rings. The van der Waals surface area contributed by atoms with Crippen molar-refractivity contribution in [2.45, 2.75) is 9.79 Å². The number of benzene rings is 4. The smallest absolute Gasteiger partial charge is 0.198 e. The Morgan fingerprint density at radius 1 is 0.657 bits per heavy atom. The van der Waals surface area contributed by atoms with E-state index in [1.165, 1.54) is 9.79 Å². The molecule has 5 heteroatoms. The van der Waals surface area contributed by atoms with Gasteiger partial charge in [0, 0.05) is 25.8 Å². The van der Waals surface area contributed by atoms with E-state index in [2.05, 4.69) is 47.4 Å². The molecule has 0 unspecified atom stereocenters. The van der Waals surface area contributed by atoms with Gasteiger partial charge < -0.3 is 0 Å². The summed E-state index contributed by atoms with van der Waals surface area (Å²) < 4.78 is 0. The summed E-state index contributed by atoms with van der Waals surface area (Å²) in [6.07, 6.45) is 1.75. The zero-order chi connectivity index (χ0) is 23.5. The predicted molar refractivity (Wildman–Crippen MR) is 144 cm³/mol. The summed E-state index contributed by atoms with van der Waals surface area (Å²) in [6, 6.07) is 32.2. The van der Waals surface area contributed by atoms with Crippen LogP contribution < -0.4 is 4.90 Å². The minimum Gasteiger partial charge on any atom is -0.300 e. The van der Waals surface area contributed by atoms with Crippen molar-refractivity contribution < 1.29 is 9.59 Å². The minimum atomic E-state index is -0.198. The molecule has 0 atom stereocenters. The first kappa shape index (κ1) is 20.4. The second kappa shape index (κ2) is 7.80. The van der Waals surface area contributed by atoms with Gasteiger partial charge >= 0.3 is 0 Å². The monoisotopic (exact) mass is 487 g/mol. The van der Waals surface area contributed by atoms with Crippen molar-refractivity contribution in [3.8, 4) is 0 Å². The van der Waals surface area contributed by atoms with Crippen LogP contribution in [0.2, 0.25) is 0 Å². The lowest BCUT2D eigenvalue weighted by atomic mass is 10.0. The highest BCUT2D eigenvalue weighted by Crippen LogP contribution is 2.52. The summed E-state index contributed by atoms with van der Waals surface area (Å²) in [5.74, 6) is -0.391. The van der Waals surface area contributed by atoms with E-state index in [0.717, 1.165) is 32.0 Å². The van der Waals surface area contributed by atoms with Crippen LogP contribution in [0, 0.1) is 0 Å². The summed E-state index contributed by atoms with van der Waals surface area (Å²) >= 11 is 3.35. The molecular weight excluding hydrogens is 470 g/mol. The third-order valence-corrected chi connectivity index (χ3v) is 8.59. The Morgan fingerprint density at radius 3 is 2.11 bits per heavy atom. The Balaban J connectivity index is 1.31. The number of allylic oxidation sites excluding steroid dienone is 1. The van der Waals surface area contributed by atoms with Crippen LogP contribution >= 0.6 is 23.1 Å². The van der Waals surface area contributed by atoms with Crippen LogP contribution in [0.5, 0.6) is 0 Å². The van der Waals surface area contributed by atoms with Gasteiger partial charge in [-0.1, -0.05) is 66.4 Å². The Labute approximate surface area is 210 Å². The van der Waals surface area contributed by atoms with E-state index in [1.54, 1.807) is 35.2 Å². The van der Waals surface area contributed by atoms with Gasteiger partial charge in [-0.3, -0.25) is 14.5 Å². The zero-order valence-corrected chi connectivity index (χ0v) is 20.0. The average Bonchev–Trinajstić information content (AvgIpc) is 3.45. The fraction of sp³-hybridized carbons (Fsp3) is 0. The maximum atomic E-state index is 13.4. The van der Waals surface area contributed by atoms with Gasteiger partial charge in [0.1, 0.15) is 5.00 Å². The van der Waals surface area contributed by atoms with Gasteiger partial charge in [-0.15, -0.1) is 11.3 Å². The molecule has 4 aromatic carbocycles. The van der Waals surface area contributed by atoms with Gasteiger partial charge in [0.15, 0.2) is 11.6 Å². The van der Waals surface area contributed by atoms with Crippen LogP contribution in [0.4, 0.5) is 16.4 Å². The number of rotatable bonds is 2. The standard InChI is InChI=1S/C30H17NO2S2/c32-29-21-15-13-18-7-1-2-8-20(18)28(21)30(33)22(29)17-19-14-16-27(34-19)31-23-9-3-5-11-25(23)35-26-12-6-4-10-24(26)31/h1-17H/b22-17+. The predicted octanol–water partition coefficient (Wildman–Crippen LogP) is 8.30. The lowest BCUT2D eigenvalue weighted by Crippen LogP contribution is -2.13. The number of hydrogen-bond acceptors (Lipinski definition) is 5. The Morgan fingerprint density at radius 2 is 1.34 bits per heavy atom. The van der Waals surface area contributed by atoms with E-state index in [-0.39, 0.29) is 17.1 Å². The second-order valence-electron chi connectivity index (χ2n) is 8.47. The average molecular weight is 488 g/mol. The van der Waals surface area contributed by atoms with Gasteiger partial charge in [0.05, 0.1) is 16.9 Å². The topological polar surface area (TPSA) is 37.4 Å². The van der Waals surface area contributed by atoms with Crippen LogP contribution in [-0.2, 0) is 0 Å². The molecule has 7 rings (SSSR count). The Hall–Kier alpha value is -3.93. The van der Waals surface area contributed by atoms with Crippen molar-refractivity contribution in [1.82, 2.24) is 0 Å². The maximum absolute atomic E-state index is 13.4. The van der Waals surface area contributed by atoms with E-state index < -0.39 is 0 Å². The van der Waals surface area contributed by atoms with Gasteiger partial charge in [0.25, 0.3) is 0 Å². The number of fused-ring (bicyclic) bond motifs is 5. The third-order valence-electron chi connectivity index (χ3n) is 6.44. The lowest BCUT2D eigenvalue weighted by molar-refractivity contribution is 0.0991. The number of carbonyl (C=O) groups is 2. The number of anilines is 3. The lowest BCUT2D eigenvalue weighted by Gasteiger charge is -2.31. The number of ketones is 2. The molecule has 0 bridgehead atoms. The number of nitrogens with zero attached hydrogens (tertiary/aromatic N) is 1. The quantitative estimate of drug-likeness (QED) is 0.182. The number of para-hydroxylation sites is 2. The molecule has 2 heterocycles. The van der Waals surface area contributed by atoms with E-state index in [9.17, 15) is 9.59 Å². The molecule has 1 aromatic heterocycles. The summed E-state index contributed by atoms with van der Waals surface area (Å²) in [5.41, 5.74) is 3.51. The second-order valence-corrected chi connectivity index (χ2v) is 10.7. The zero-order valence-electron chi connectivity index (χ0n) is 18.4. The van der Waals surface area contributed by atoms with E-state index >= 15 is 0 Å². The number of carbonyl (C=O) groups excluding carboxylic acids is 2. The first-order valence-electron chi connectivity index (χ1n) is 11.3. The highest BCUT2D eigenvalue weighted by Gasteiger charge is 2.34. The van der Waals surface area contributed by atoms with Gasteiger partial charge in [-0.25, -0.2) is 0 Å². The first-order valence-corrected chi connectivity index (χ1v) is 12.9. The molecule has 0 amide bonds. The normalized spacial score (nSPS) is 15.4. The first-order chi connectivity index (χ1) is 17.2. The molecule has 166 valence electrons. The van der Waals surface area contributed by atoms with Crippen molar-refractivity contribution in [1.29, 1.82) is 0 Å². The van der Waals surface area contributed by atoms with Gasteiger partial charge in [-0.2, -0.15) is 0 Å². The van der Waals surface area contributed by atoms with Crippen molar-refractivity contribution in [2.75, 3.05) is 4.90 Å². The molecule has 0 saturated carbocycles. The fourth-order valence-corrected chi connectivity index (χ4v) is 6.88. The number of thiophene rings is 1. The number of hydrogen-bond donors (Lipinski definition) is 0. The van der Waals surface area contributed by atoms with Crippen LogP contribution in [0.25, 0.3) is 16.8 Å². The van der Waals surface area contributed by atoms with E-state index in [0.29, 0.717) is 11.1 Å². The molecule has 1 aliphatic heterocycles. The van der Waals surface area contributed by atoms with Crippen LogP contribution in [0.1, 0.15) is 25.6 Å². The molecule has 0 N–H and O–H groups in total. The summed E-state index contributed by atoms with van der Waals surface area (Å²) in [4.78, 5) is 32.1. The van der Waals surface area contributed by atoms with Crippen molar-refractivity contribution in [2.24, 2.45) is 0 Å². The van der Waals surface area contributed by atoms with E-state index in [4.69, 9.17) is 0 Å². The Bertz CT molecular complexity index is 1680. The van der Waals surface area contributed by atoms with Gasteiger partial charge in [-0.05, 0) is 59.3 Å².